The van der Waals surface area contributed by atoms with Crippen molar-refractivity contribution in [3.8, 4) is 0 Å². The van der Waals surface area contributed by atoms with E-state index in [9.17, 15) is 0 Å². The van der Waals surface area contributed by atoms with E-state index in [-0.39, 0.29) is 0 Å². The van der Waals surface area contributed by atoms with Gasteiger partial charge in [0.1, 0.15) is 11.6 Å². The third-order valence-electron chi connectivity index (χ3n) is 4.32. The van der Waals surface area contributed by atoms with Crippen LogP contribution < -0.4 is 4.90 Å². The molecule has 1 fully saturated rings. The second kappa shape index (κ2) is 6.50. The maximum Gasteiger partial charge on any atom is 0.128 e. The van der Waals surface area contributed by atoms with Gasteiger partial charge in [0.15, 0.2) is 0 Å². The molecule has 6 heteroatoms. The number of thiazole rings is 1. The van der Waals surface area contributed by atoms with Crippen molar-refractivity contribution in [2.24, 2.45) is 0 Å². The number of nitrogens with zero attached hydrogens (tertiary/aromatic N) is 5. The van der Waals surface area contributed by atoms with Crippen molar-refractivity contribution in [1.82, 2.24) is 19.5 Å². The van der Waals surface area contributed by atoms with Crippen molar-refractivity contribution in [3.63, 3.8) is 0 Å². The van der Waals surface area contributed by atoms with Crippen LogP contribution in [0.1, 0.15) is 30.3 Å². The maximum atomic E-state index is 4.64. The molecule has 4 heterocycles. The molecule has 4 rings (SSSR count). The van der Waals surface area contributed by atoms with Crippen LogP contribution in [-0.2, 0) is 6.54 Å². The van der Waals surface area contributed by atoms with Gasteiger partial charge in [-0.2, -0.15) is 0 Å². The summed E-state index contributed by atoms with van der Waals surface area (Å²) in [5.74, 6) is 2.67. The number of hydrogen-bond acceptors (Lipinski definition) is 5. The molecule has 0 N–H and O–H groups in total. The molecular weight excluding hydrogens is 306 g/mol. The van der Waals surface area contributed by atoms with Gasteiger partial charge in [-0.25, -0.2) is 15.0 Å². The van der Waals surface area contributed by atoms with Gasteiger partial charge in [0.25, 0.3) is 0 Å². The minimum Gasteiger partial charge on any atom is -0.356 e. The average molecular weight is 325 g/mol. The summed E-state index contributed by atoms with van der Waals surface area (Å²) in [6.45, 7) is 2.85. The van der Waals surface area contributed by atoms with Gasteiger partial charge in [-0.05, 0) is 25.0 Å². The molecule has 118 valence electrons. The number of hydrogen-bond donors (Lipinski definition) is 0. The average Bonchev–Trinajstić information content (AvgIpc) is 3.28. The monoisotopic (exact) mass is 325 g/mol. The molecule has 1 aliphatic rings. The highest BCUT2D eigenvalue weighted by Crippen LogP contribution is 2.28. The van der Waals surface area contributed by atoms with Gasteiger partial charge < -0.3 is 9.47 Å². The SMILES string of the molecule is c1ccc(N2CCC[C@H](c3nccn3Cc3cscn3)C2)nc1. The zero-order valence-corrected chi connectivity index (χ0v) is 13.7. The molecule has 1 atom stereocenters. The standard InChI is InChI=1S/C17H19N5S/c1-2-6-18-16(5-1)21-8-3-4-14(10-21)17-19-7-9-22(17)11-15-12-23-13-20-15/h1-2,5-7,9,12-14H,3-4,8,10-11H2/t14-/m0/s1. The lowest BCUT2D eigenvalue weighted by Gasteiger charge is -2.33. The maximum absolute atomic E-state index is 4.64. The van der Waals surface area contributed by atoms with Crippen molar-refractivity contribution in [1.29, 1.82) is 0 Å². The topological polar surface area (TPSA) is 46.8 Å². The van der Waals surface area contributed by atoms with Gasteiger partial charge in [0.2, 0.25) is 0 Å². The van der Waals surface area contributed by atoms with E-state index < -0.39 is 0 Å². The van der Waals surface area contributed by atoms with Gasteiger partial charge >= 0.3 is 0 Å². The van der Waals surface area contributed by atoms with Crippen molar-refractivity contribution in [2.75, 3.05) is 18.0 Å². The fourth-order valence-corrected chi connectivity index (χ4v) is 3.79. The van der Waals surface area contributed by atoms with Crippen LogP contribution in [0.15, 0.2) is 47.7 Å². The van der Waals surface area contributed by atoms with Gasteiger partial charge in [-0.15, -0.1) is 11.3 Å². The summed E-state index contributed by atoms with van der Waals surface area (Å²) >= 11 is 1.64. The molecule has 3 aromatic rings. The van der Waals surface area contributed by atoms with E-state index in [1.165, 1.54) is 18.7 Å². The molecule has 0 saturated carbocycles. The molecular formula is C17H19N5S. The van der Waals surface area contributed by atoms with E-state index in [0.29, 0.717) is 5.92 Å². The Labute approximate surface area is 139 Å². The Bertz CT molecular complexity index is 737. The predicted octanol–water partition coefficient (Wildman–Crippen LogP) is 3.17. The van der Waals surface area contributed by atoms with Crippen LogP contribution in [0.4, 0.5) is 5.82 Å². The third-order valence-corrected chi connectivity index (χ3v) is 4.96. The summed E-state index contributed by atoms with van der Waals surface area (Å²) in [6.07, 6.45) is 8.18. The lowest BCUT2D eigenvalue weighted by molar-refractivity contribution is 0.473. The Hall–Kier alpha value is -2.21. The first-order chi connectivity index (χ1) is 11.4. The summed E-state index contributed by atoms with van der Waals surface area (Å²) in [6, 6.07) is 6.10. The van der Waals surface area contributed by atoms with Crippen LogP contribution in [0, 0.1) is 0 Å². The largest absolute Gasteiger partial charge is 0.356 e. The number of imidazole rings is 1. The Kier molecular flexibility index (Phi) is 4.06. The highest BCUT2D eigenvalue weighted by atomic mass is 32.1. The van der Waals surface area contributed by atoms with E-state index in [0.717, 1.165) is 31.1 Å². The molecule has 0 aromatic carbocycles. The van der Waals surface area contributed by atoms with E-state index in [2.05, 4.69) is 48.1 Å². The Morgan fingerprint density at radius 2 is 2.17 bits per heavy atom. The van der Waals surface area contributed by atoms with E-state index >= 15 is 0 Å². The molecule has 0 bridgehead atoms. The number of piperidine rings is 1. The minimum atomic E-state index is 0.444. The Morgan fingerprint density at radius 1 is 1.17 bits per heavy atom. The third kappa shape index (κ3) is 3.12. The van der Waals surface area contributed by atoms with Gasteiger partial charge in [-0.3, -0.25) is 0 Å². The second-order valence-corrected chi connectivity index (χ2v) is 6.58. The Balaban J connectivity index is 1.53. The second-order valence-electron chi connectivity index (χ2n) is 5.87. The zero-order valence-electron chi connectivity index (χ0n) is 12.9. The van der Waals surface area contributed by atoms with Crippen LogP contribution in [-0.4, -0.2) is 32.6 Å². The quantitative estimate of drug-likeness (QED) is 0.739. The molecule has 0 spiro atoms. The zero-order chi connectivity index (χ0) is 15.5. The summed E-state index contributed by atoms with van der Waals surface area (Å²) in [4.78, 5) is 15.9. The van der Waals surface area contributed by atoms with Crippen LogP contribution in [0.3, 0.4) is 0 Å². The van der Waals surface area contributed by atoms with Crippen molar-refractivity contribution >= 4 is 17.2 Å². The molecule has 5 nitrogen and oxygen atoms in total. The summed E-state index contributed by atoms with van der Waals surface area (Å²) in [5.41, 5.74) is 2.99. The first kappa shape index (κ1) is 14.4. The molecule has 0 unspecified atom stereocenters. The fraction of sp³-hybridized carbons (Fsp3) is 0.353. The molecule has 3 aromatic heterocycles. The lowest BCUT2D eigenvalue weighted by atomic mass is 9.97. The highest BCUT2D eigenvalue weighted by Gasteiger charge is 2.25. The first-order valence-corrected chi connectivity index (χ1v) is 8.88. The minimum absolute atomic E-state index is 0.444. The molecule has 1 saturated heterocycles. The van der Waals surface area contributed by atoms with Gasteiger partial charge in [-0.1, -0.05) is 6.07 Å². The van der Waals surface area contributed by atoms with E-state index in [1.807, 2.05) is 24.0 Å². The Morgan fingerprint density at radius 3 is 3.00 bits per heavy atom. The molecule has 0 aliphatic carbocycles. The van der Waals surface area contributed by atoms with Crippen LogP contribution in [0.2, 0.25) is 0 Å². The van der Waals surface area contributed by atoms with Crippen molar-refractivity contribution in [3.05, 3.63) is 59.2 Å². The lowest BCUT2D eigenvalue weighted by Crippen LogP contribution is -2.35. The van der Waals surface area contributed by atoms with E-state index in [4.69, 9.17) is 0 Å². The van der Waals surface area contributed by atoms with Gasteiger partial charge in [0.05, 0.1) is 17.7 Å². The first-order valence-electron chi connectivity index (χ1n) is 7.94. The fourth-order valence-electron chi connectivity index (χ4n) is 3.24. The normalized spacial score (nSPS) is 18.3. The van der Waals surface area contributed by atoms with Crippen LogP contribution in [0.25, 0.3) is 0 Å². The number of anilines is 1. The molecule has 0 radical (unpaired) electrons. The molecule has 0 amide bonds. The number of aromatic nitrogens is 4. The summed E-state index contributed by atoms with van der Waals surface area (Å²) in [7, 11) is 0. The number of pyridine rings is 1. The summed E-state index contributed by atoms with van der Waals surface area (Å²) < 4.78 is 2.24. The molecule has 1 aliphatic heterocycles. The van der Waals surface area contributed by atoms with Crippen LogP contribution in [0.5, 0.6) is 0 Å². The van der Waals surface area contributed by atoms with Crippen molar-refractivity contribution < 1.29 is 0 Å². The number of rotatable bonds is 4. The van der Waals surface area contributed by atoms with Crippen molar-refractivity contribution in [2.45, 2.75) is 25.3 Å². The van der Waals surface area contributed by atoms with Gasteiger partial charge in [0, 0.05) is 43.0 Å². The smallest absolute Gasteiger partial charge is 0.128 e. The van der Waals surface area contributed by atoms with Crippen LogP contribution >= 0.6 is 11.3 Å². The predicted molar refractivity (Wildman–Crippen MR) is 91.9 cm³/mol. The highest BCUT2D eigenvalue weighted by molar-refractivity contribution is 7.07. The summed E-state index contributed by atoms with van der Waals surface area (Å²) in [5, 5.41) is 2.10. The molecule has 23 heavy (non-hydrogen) atoms. The van der Waals surface area contributed by atoms with E-state index in [1.54, 1.807) is 11.3 Å².